The maximum absolute atomic E-state index is 12.3. The van der Waals surface area contributed by atoms with Crippen molar-refractivity contribution in [2.45, 2.75) is 25.6 Å². The number of nitrogens with zero attached hydrogens (tertiary/aromatic N) is 3. The topological polar surface area (TPSA) is 105 Å². The number of sulfonamides is 1. The van der Waals surface area contributed by atoms with Crippen LogP contribution in [0.2, 0.25) is 0 Å². The molecular formula is C10H15F3N4O4S. The molecule has 1 amide bonds. The molecule has 1 atom stereocenters. The predicted octanol–water partition coefficient (Wildman–Crippen LogP) is 0.0270. The van der Waals surface area contributed by atoms with E-state index in [0.717, 1.165) is 11.2 Å². The lowest BCUT2D eigenvalue weighted by Gasteiger charge is -2.20. The van der Waals surface area contributed by atoms with Crippen molar-refractivity contribution in [1.82, 2.24) is 19.8 Å². The van der Waals surface area contributed by atoms with Gasteiger partial charge in [-0.05, 0) is 6.92 Å². The molecule has 0 saturated carbocycles. The van der Waals surface area contributed by atoms with Crippen LogP contribution in [-0.4, -0.2) is 55.3 Å². The van der Waals surface area contributed by atoms with E-state index in [1.54, 1.807) is 0 Å². The van der Waals surface area contributed by atoms with Crippen molar-refractivity contribution in [1.29, 1.82) is 0 Å². The van der Waals surface area contributed by atoms with E-state index >= 15 is 0 Å². The summed E-state index contributed by atoms with van der Waals surface area (Å²) in [5.74, 6) is -2.19. The maximum Gasteiger partial charge on any atom is 0.471 e. The molecule has 126 valence electrons. The number of carbonyl (C=O) groups excluding carboxylic acids is 1. The van der Waals surface area contributed by atoms with Crippen LogP contribution in [0.4, 0.5) is 13.2 Å². The zero-order chi connectivity index (χ0) is 17.1. The van der Waals surface area contributed by atoms with Crippen LogP contribution in [0.1, 0.15) is 18.6 Å². The molecular weight excluding hydrogens is 329 g/mol. The number of hydrogen-bond donors (Lipinski definition) is 1. The Bertz CT molecular complexity index is 628. The molecule has 1 aromatic rings. The molecule has 0 aliphatic heterocycles. The molecule has 0 bridgehead atoms. The van der Waals surface area contributed by atoms with Crippen LogP contribution in [0.3, 0.4) is 0 Å². The Morgan fingerprint density at radius 3 is 2.50 bits per heavy atom. The minimum atomic E-state index is -4.72. The molecule has 1 heterocycles. The number of halogens is 3. The van der Waals surface area contributed by atoms with Gasteiger partial charge in [-0.3, -0.25) is 4.79 Å². The first-order valence-electron chi connectivity index (χ1n) is 6.02. The number of hydrogen-bond acceptors (Lipinski definition) is 6. The molecule has 1 N–H and O–H groups in total. The third-order valence-electron chi connectivity index (χ3n) is 2.52. The average molecular weight is 344 g/mol. The summed E-state index contributed by atoms with van der Waals surface area (Å²) in [6.07, 6.45) is -3.87. The van der Waals surface area contributed by atoms with E-state index in [1.807, 2.05) is 0 Å². The number of amides is 1. The summed E-state index contributed by atoms with van der Waals surface area (Å²) >= 11 is 0. The zero-order valence-corrected chi connectivity index (χ0v) is 12.8. The summed E-state index contributed by atoms with van der Waals surface area (Å²) < 4.78 is 65.0. The van der Waals surface area contributed by atoms with Crippen LogP contribution in [0.25, 0.3) is 0 Å². The van der Waals surface area contributed by atoms with E-state index in [0.29, 0.717) is 0 Å². The van der Waals surface area contributed by atoms with Crippen LogP contribution >= 0.6 is 0 Å². The lowest BCUT2D eigenvalue weighted by molar-refractivity contribution is -0.159. The molecule has 0 saturated heterocycles. The van der Waals surface area contributed by atoms with Crippen molar-refractivity contribution in [3.05, 3.63) is 11.7 Å². The van der Waals surface area contributed by atoms with Crippen molar-refractivity contribution >= 4 is 15.9 Å². The van der Waals surface area contributed by atoms with Crippen molar-refractivity contribution in [3.8, 4) is 0 Å². The molecule has 0 fully saturated rings. The standard InChI is InChI=1S/C10H15F3N4O4S/c1-6(16-22(3,19)20)8(18)17(2)5-4-7-14-9(21-15-7)10(11,12)13/h6,16H,4-5H2,1-3H3. The number of rotatable bonds is 6. The van der Waals surface area contributed by atoms with Gasteiger partial charge in [-0.15, -0.1) is 0 Å². The third-order valence-corrected chi connectivity index (χ3v) is 3.30. The zero-order valence-electron chi connectivity index (χ0n) is 12.0. The van der Waals surface area contributed by atoms with Gasteiger partial charge >= 0.3 is 12.1 Å². The van der Waals surface area contributed by atoms with Crippen LogP contribution in [-0.2, 0) is 27.4 Å². The Morgan fingerprint density at radius 2 is 2.05 bits per heavy atom. The largest absolute Gasteiger partial charge is 0.471 e. The molecule has 0 spiro atoms. The first kappa shape index (κ1) is 18.4. The summed E-state index contributed by atoms with van der Waals surface area (Å²) in [6, 6.07) is -0.990. The first-order chi connectivity index (χ1) is 9.90. The van der Waals surface area contributed by atoms with E-state index in [4.69, 9.17) is 0 Å². The van der Waals surface area contributed by atoms with Gasteiger partial charge in [0, 0.05) is 20.0 Å². The smallest absolute Gasteiger partial charge is 0.344 e. The SMILES string of the molecule is CC(NS(C)(=O)=O)C(=O)N(C)CCc1noc(C(F)(F)F)n1. The molecule has 1 unspecified atom stereocenters. The van der Waals surface area contributed by atoms with Gasteiger partial charge in [0.05, 0.1) is 12.3 Å². The average Bonchev–Trinajstić information content (AvgIpc) is 2.81. The van der Waals surface area contributed by atoms with Gasteiger partial charge in [-0.1, -0.05) is 5.16 Å². The maximum atomic E-state index is 12.3. The summed E-state index contributed by atoms with van der Waals surface area (Å²) in [4.78, 5) is 16.2. The van der Waals surface area contributed by atoms with Gasteiger partial charge in [-0.25, -0.2) is 13.1 Å². The fraction of sp³-hybridized carbons (Fsp3) is 0.700. The van der Waals surface area contributed by atoms with Crippen molar-refractivity contribution < 1.29 is 30.9 Å². The molecule has 8 nitrogen and oxygen atoms in total. The lowest BCUT2D eigenvalue weighted by atomic mass is 10.3. The Kier molecular flexibility index (Phi) is 5.51. The number of aromatic nitrogens is 2. The molecule has 0 radical (unpaired) electrons. The summed E-state index contributed by atoms with van der Waals surface area (Å²) in [7, 11) is -2.16. The monoisotopic (exact) mass is 344 g/mol. The van der Waals surface area contributed by atoms with E-state index in [-0.39, 0.29) is 18.8 Å². The van der Waals surface area contributed by atoms with Gasteiger partial charge in [0.1, 0.15) is 0 Å². The molecule has 22 heavy (non-hydrogen) atoms. The normalized spacial score (nSPS) is 13.9. The van der Waals surface area contributed by atoms with Crippen molar-refractivity contribution in [2.24, 2.45) is 0 Å². The van der Waals surface area contributed by atoms with Gasteiger partial charge in [0.15, 0.2) is 5.82 Å². The van der Waals surface area contributed by atoms with Crippen molar-refractivity contribution in [3.63, 3.8) is 0 Å². The summed E-state index contributed by atoms with van der Waals surface area (Å²) in [6.45, 7) is 1.36. The Labute approximate surface area is 124 Å². The highest BCUT2D eigenvalue weighted by molar-refractivity contribution is 7.88. The fourth-order valence-electron chi connectivity index (χ4n) is 1.55. The van der Waals surface area contributed by atoms with Crippen molar-refractivity contribution in [2.75, 3.05) is 19.8 Å². The highest BCUT2D eigenvalue weighted by Gasteiger charge is 2.38. The second kappa shape index (κ2) is 6.60. The molecule has 1 rings (SSSR count). The molecule has 0 aliphatic rings. The second-order valence-electron chi connectivity index (χ2n) is 4.64. The minimum absolute atomic E-state index is 0.00540. The summed E-state index contributed by atoms with van der Waals surface area (Å²) in [5.41, 5.74) is 0. The highest BCUT2D eigenvalue weighted by atomic mass is 32.2. The highest BCUT2D eigenvalue weighted by Crippen LogP contribution is 2.27. The third kappa shape index (κ3) is 5.60. The van der Waals surface area contributed by atoms with Gasteiger partial charge in [-0.2, -0.15) is 18.2 Å². The predicted molar refractivity (Wildman–Crippen MR) is 68.1 cm³/mol. The fourth-order valence-corrected chi connectivity index (χ4v) is 2.29. The molecule has 0 aromatic carbocycles. The minimum Gasteiger partial charge on any atom is -0.344 e. The van der Waals surface area contributed by atoms with E-state index in [1.165, 1.54) is 14.0 Å². The second-order valence-corrected chi connectivity index (χ2v) is 6.42. The van der Waals surface area contributed by atoms with Gasteiger partial charge in [0.25, 0.3) is 0 Å². The lowest BCUT2D eigenvalue weighted by Crippen LogP contribution is -2.45. The summed E-state index contributed by atoms with van der Waals surface area (Å²) in [5, 5.41) is 3.16. The number of nitrogens with one attached hydrogen (secondary N) is 1. The van der Waals surface area contributed by atoms with Crippen LogP contribution in [0.15, 0.2) is 4.52 Å². The molecule has 0 aliphatic carbocycles. The number of alkyl halides is 3. The van der Waals surface area contributed by atoms with Gasteiger partial charge in [0.2, 0.25) is 15.9 Å². The first-order valence-corrected chi connectivity index (χ1v) is 7.91. The Morgan fingerprint density at radius 1 is 1.45 bits per heavy atom. The quantitative estimate of drug-likeness (QED) is 0.780. The van der Waals surface area contributed by atoms with Crippen LogP contribution in [0.5, 0.6) is 0 Å². The van der Waals surface area contributed by atoms with Gasteiger partial charge < -0.3 is 9.42 Å². The Balaban J connectivity index is 2.57. The number of likely N-dealkylation sites (N-methyl/N-ethyl adjacent to an activating group) is 1. The number of carbonyl (C=O) groups is 1. The Hall–Kier alpha value is -1.69. The van der Waals surface area contributed by atoms with E-state index in [2.05, 4.69) is 19.4 Å². The van der Waals surface area contributed by atoms with Crippen LogP contribution in [0, 0.1) is 0 Å². The molecule has 1 aromatic heterocycles. The van der Waals surface area contributed by atoms with Crippen LogP contribution < -0.4 is 4.72 Å². The molecule has 12 heteroatoms. The van der Waals surface area contributed by atoms with E-state index in [9.17, 15) is 26.4 Å². The van der Waals surface area contributed by atoms with E-state index < -0.39 is 34.0 Å².